The minimum absolute atomic E-state index is 0.111. The molecule has 1 aliphatic heterocycles. The van der Waals surface area contributed by atoms with Gasteiger partial charge in [0.15, 0.2) is 0 Å². The monoisotopic (exact) mass is 467 g/mol. The summed E-state index contributed by atoms with van der Waals surface area (Å²) >= 11 is 3.30. The third-order valence-corrected chi connectivity index (χ3v) is 6.35. The highest BCUT2D eigenvalue weighted by molar-refractivity contribution is 9.10. The summed E-state index contributed by atoms with van der Waals surface area (Å²) in [6.07, 6.45) is 0. The van der Waals surface area contributed by atoms with Crippen molar-refractivity contribution in [3.05, 3.63) is 52.5 Å². The van der Waals surface area contributed by atoms with Crippen molar-refractivity contribution in [1.29, 1.82) is 0 Å². The Kier molecular flexibility index (Phi) is 6.71. The number of hydrogen-bond donors (Lipinski definition) is 2. The minimum Gasteiger partial charge on any atom is -0.379 e. The van der Waals surface area contributed by atoms with Gasteiger partial charge in [0.2, 0.25) is 5.91 Å². The molecule has 0 atom stereocenters. The molecule has 1 saturated heterocycles. The van der Waals surface area contributed by atoms with E-state index in [9.17, 15) is 13.2 Å². The Labute approximate surface area is 173 Å². The van der Waals surface area contributed by atoms with Crippen LogP contribution in [0.2, 0.25) is 0 Å². The fourth-order valence-corrected chi connectivity index (χ4v) is 4.70. The van der Waals surface area contributed by atoms with E-state index in [4.69, 9.17) is 4.74 Å². The second kappa shape index (κ2) is 9.04. The quantitative estimate of drug-likeness (QED) is 0.681. The number of halogens is 1. The first-order valence-electron chi connectivity index (χ1n) is 8.82. The Balaban J connectivity index is 1.62. The third kappa shape index (κ3) is 5.54. The van der Waals surface area contributed by atoms with Crippen LogP contribution in [0.25, 0.3) is 0 Å². The van der Waals surface area contributed by atoms with E-state index in [1.807, 2.05) is 4.90 Å². The smallest absolute Gasteiger partial charge is 0.262 e. The van der Waals surface area contributed by atoms with E-state index >= 15 is 0 Å². The molecule has 0 unspecified atom stereocenters. The Bertz CT molecular complexity index is 942. The standard InChI is InChI=1S/C19H22BrN3O4S/c1-14-2-3-15(20)12-18(14)28(25,26)22-17-6-4-16(5-7-17)21-19(24)13-23-8-10-27-11-9-23/h2-7,12,22H,8-11,13H2,1H3,(H,21,24). The van der Waals surface area contributed by atoms with Crippen molar-refractivity contribution < 1.29 is 17.9 Å². The molecule has 1 aliphatic rings. The molecule has 0 saturated carbocycles. The molecule has 7 nitrogen and oxygen atoms in total. The lowest BCUT2D eigenvalue weighted by Crippen LogP contribution is -2.41. The average molecular weight is 468 g/mol. The second-order valence-corrected chi connectivity index (χ2v) is 9.10. The zero-order chi connectivity index (χ0) is 20.1. The van der Waals surface area contributed by atoms with Gasteiger partial charge in [0.1, 0.15) is 0 Å². The summed E-state index contributed by atoms with van der Waals surface area (Å²) in [5, 5.41) is 2.82. The van der Waals surface area contributed by atoms with Gasteiger partial charge in [0.05, 0.1) is 24.7 Å². The molecule has 150 valence electrons. The first kappa shape index (κ1) is 20.8. The van der Waals surface area contributed by atoms with Crippen LogP contribution in [0.1, 0.15) is 5.56 Å². The molecule has 0 radical (unpaired) electrons. The van der Waals surface area contributed by atoms with Crippen molar-refractivity contribution >= 4 is 43.2 Å². The number of benzene rings is 2. The van der Waals surface area contributed by atoms with Crippen LogP contribution in [-0.4, -0.2) is 52.1 Å². The van der Waals surface area contributed by atoms with Gasteiger partial charge in [0, 0.05) is 28.9 Å². The number of rotatable bonds is 6. The average Bonchev–Trinajstić information content (AvgIpc) is 2.66. The van der Waals surface area contributed by atoms with Gasteiger partial charge in [0.25, 0.3) is 10.0 Å². The molecule has 2 aromatic carbocycles. The van der Waals surface area contributed by atoms with Gasteiger partial charge in [-0.15, -0.1) is 0 Å². The summed E-state index contributed by atoms with van der Waals surface area (Å²) in [5.41, 5.74) is 1.69. The van der Waals surface area contributed by atoms with Gasteiger partial charge in [-0.25, -0.2) is 8.42 Å². The van der Waals surface area contributed by atoms with Crippen LogP contribution in [-0.2, 0) is 19.6 Å². The summed E-state index contributed by atoms with van der Waals surface area (Å²) in [5.74, 6) is -0.111. The van der Waals surface area contributed by atoms with E-state index in [2.05, 4.69) is 26.0 Å². The third-order valence-electron chi connectivity index (χ3n) is 4.33. The lowest BCUT2D eigenvalue weighted by atomic mass is 10.2. The van der Waals surface area contributed by atoms with E-state index in [0.29, 0.717) is 41.2 Å². The van der Waals surface area contributed by atoms with Crippen LogP contribution in [0.15, 0.2) is 51.8 Å². The van der Waals surface area contributed by atoms with Crippen molar-refractivity contribution in [2.24, 2.45) is 0 Å². The predicted molar refractivity (Wildman–Crippen MR) is 112 cm³/mol. The molecule has 1 amide bonds. The number of amides is 1. The van der Waals surface area contributed by atoms with Crippen LogP contribution in [0.3, 0.4) is 0 Å². The van der Waals surface area contributed by atoms with E-state index in [0.717, 1.165) is 13.1 Å². The van der Waals surface area contributed by atoms with Gasteiger partial charge in [-0.2, -0.15) is 0 Å². The van der Waals surface area contributed by atoms with Gasteiger partial charge in [-0.1, -0.05) is 22.0 Å². The van der Waals surface area contributed by atoms with Crippen LogP contribution in [0, 0.1) is 6.92 Å². The summed E-state index contributed by atoms with van der Waals surface area (Å²) in [6, 6.07) is 11.7. The summed E-state index contributed by atoms with van der Waals surface area (Å²) < 4.78 is 33.8. The van der Waals surface area contributed by atoms with Crippen molar-refractivity contribution in [3.63, 3.8) is 0 Å². The van der Waals surface area contributed by atoms with Gasteiger partial charge in [-0.3, -0.25) is 14.4 Å². The maximum atomic E-state index is 12.6. The largest absolute Gasteiger partial charge is 0.379 e. The summed E-state index contributed by atoms with van der Waals surface area (Å²) in [7, 11) is -3.71. The SMILES string of the molecule is Cc1ccc(Br)cc1S(=O)(=O)Nc1ccc(NC(=O)CN2CCOCC2)cc1. The molecule has 0 spiro atoms. The van der Waals surface area contributed by atoms with Crippen molar-refractivity contribution in [2.45, 2.75) is 11.8 Å². The fraction of sp³-hybridized carbons (Fsp3) is 0.316. The van der Waals surface area contributed by atoms with E-state index in [-0.39, 0.29) is 10.8 Å². The highest BCUT2D eigenvalue weighted by Gasteiger charge is 2.18. The Morgan fingerprint density at radius 1 is 1.11 bits per heavy atom. The second-order valence-electron chi connectivity index (χ2n) is 6.53. The fourth-order valence-electron chi connectivity index (χ4n) is 2.86. The molecule has 9 heteroatoms. The molecular formula is C19H22BrN3O4S. The maximum Gasteiger partial charge on any atom is 0.262 e. The Morgan fingerprint density at radius 3 is 2.43 bits per heavy atom. The van der Waals surface area contributed by atoms with Gasteiger partial charge < -0.3 is 10.1 Å². The summed E-state index contributed by atoms with van der Waals surface area (Å²) in [6.45, 7) is 4.81. The van der Waals surface area contributed by atoms with Crippen molar-refractivity contribution in [2.75, 3.05) is 42.9 Å². The van der Waals surface area contributed by atoms with Crippen molar-refractivity contribution in [3.8, 4) is 0 Å². The molecule has 28 heavy (non-hydrogen) atoms. The molecule has 0 bridgehead atoms. The van der Waals surface area contributed by atoms with Gasteiger partial charge >= 0.3 is 0 Å². The molecule has 2 aromatic rings. The maximum absolute atomic E-state index is 12.6. The molecule has 0 aromatic heterocycles. The number of carbonyl (C=O) groups is 1. The molecule has 0 aliphatic carbocycles. The number of nitrogens with zero attached hydrogens (tertiary/aromatic N) is 1. The molecule has 1 fully saturated rings. The zero-order valence-electron chi connectivity index (χ0n) is 15.4. The Morgan fingerprint density at radius 2 is 1.75 bits per heavy atom. The number of ether oxygens (including phenoxy) is 1. The number of nitrogens with one attached hydrogen (secondary N) is 2. The molecule has 3 rings (SSSR count). The normalized spacial score (nSPS) is 15.2. The first-order valence-corrected chi connectivity index (χ1v) is 11.1. The highest BCUT2D eigenvalue weighted by atomic mass is 79.9. The number of sulfonamides is 1. The topological polar surface area (TPSA) is 87.7 Å². The van der Waals surface area contributed by atoms with E-state index < -0.39 is 10.0 Å². The lowest BCUT2D eigenvalue weighted by molar-refractivity contribution is -0.118. The van der Waals surface area contributed by atoms with Gasteiger partial charge in [-0.05, 0) is 48.9 Å². The number of morpholine rings is 1. The molecule has 2 N–H and O–H groups in total. The zero-order valence-corrected chi connectivity index (χ0v) is 17.8. The molecular weight excluding hydrogens is 446 g/mol. The van der Waals surface area contributed by atoms with Crippen LogP contribution >= 0.6 is 15.9 Å². The van der Waals surface area contributed by atoms with Crippen LogP contribution in [0.4, 0.5) is 11.4 Å². The minimum atomic E-state index is -3.71. The van der Waals surface area contributed by atoms with E-state index in [1.165, 1.54) is 0 Å². The van der Waals surface area contributed by atoms with Crippen molar-refractivity contribution in [1.82, 2.24) is 4.90 Å². The summed E-state index contributed by atoms with van der Waals surface area (Å²) in [4.78, 5) is 14.4. The number of aryl methyl sites for hydroxylation is 1. The first-order chi connectivity index (χ1) is 13.3. The predicted octanol–water partition coefficient (Wildman–Crippen LogP) is 2.83. The number of carbonyl (C=O) groups excluding carboxylic acids is 1. The van der Waals surface area contributed by atoms with E-state index in [1.54, 1.807) is 49.4 Å². The van der Waals surface area contributed by atoms with Crippen LogP contribution < -0.4 is 10.0 Å². The number of hydrogen-bond acceptors (Lipinski definition) is 5. The lowest BCUT2D eigenvalue weighted by Gasteiger charge is -2.25. The van der Waals surface area contributed by atoms with Crippen LogP contribution in [0.5, 0.6) is 0 Å². The molecule has 1 heterocycles. The Hall–Kier alpha value is -1.94. The highest BCUT2D eigenvalue weighted by Crippen LogP contribution is 2.24. The number of anilines is 2.